The number of methoxy groups -OCH3 is 1. The Morgan fingerprint density at radius 1 is 1.03 bits per heavy atom. The van der Waals surface area contributed by atoms with Gasteiger partial charge in [-0.3, -0.25) is 9.59 Å². The highest BCUT2D eigenvalue weighted by Gasteiger charge is 2.41. The molecule has 0 aliphatic heterocycles. The molecular formula is C19H18F4N2O4. The van der Waals surface area contributed by atoms with Crippen LogP contribution in [0.3, 0.4) is 0 Å². The van der Waals surface area contributed by atoms with Gasteiger partial charge in [0.2, 0.25) is 5.91 Å². The topological polar surface area (TPSA) is 76.7 Å². The van der Waals surface area contributed by atoms with Gasteiger partial charge in [0.15, 0.2) is 0 Å². The third-order valence-electron chi connectivity index (χ3n) is 3.58. The summed E-state index contributed by atoms with van der Waals surface area (Å²) < 4.78 is 58.9. The SMILES string of the molecule is COc1cccc(NC(=O)c2cccc(NC(=O)COCC(F)(F)C(F)F)c2)c1. The predicted molar refractivity (Wildman–Crippen MR) is 97.8 cm³/mol. The van der Waals surface area contributed by atoms with E-state index in [4.69, 9.17) is 4.74 Å². The van der Waals surface area contributed by atoms with Gasteiger partial charge in [-0.15, -0.1) is 0 Å². The Hall–Kier alpha value is -3.14. The highest BCUT2D eigenvalue weighted by molar-refractivity contribution is 6.05. The van der Waals surface area contributed by atoms with Crippen LogP contribution in [0.15, 0.2) is 48.5 Å². The van der Waals surface area contributed by atoms with Crippen LogP contribution in [0.2, 0.25) is 0 Å². The van der Waals surface area contributed by atoms with Crippen molar-refractivity contribution >= 4 is 23.2 Å². The van der Waals surface area contributed by atoms with E-state index in [1.165, 1.54) is 31.4 Å². The van der Waals surface area contributed by atoms with E-state index in [9.17, 15) is 27.2 Å². The lowest BCUT2D eigenvalue weighted by Crippen LogP contribution is -2.34. The van der Waals surface area contributed by atoms with Gasteiger partial charge in [0.1, 0.15) is 19.0 Å². The summed E-state index contributed by atoms with van der Waals surface area (Å²) >= 11 is 0. The minimum Gasteiger partial charge on any atom is -0.497 e. The molecule has 6 nitrogen and oxygen atoms in total. The number of halogens is 4. The summed E-state index contributed by atoms with van der Waals surface area (Å²) in [6.07, 6.45) is -3.88. The standard InChI is InChI=1S/C19H18F4N2O4/c1-28-15-7-3-6-14(9-15)25-17(27)12-4-2-5-13(8-12)24-16(26)10-29-11-19(22,23)18(20)21/h2-9,18H,10-11H2,1H3,(H,24,26)(H,25,27). The van der Waals surface area contributed by atoms with E-state index in [1.54, 1.807) is 24.3 Å². The second-order valence-electron chi connectivity index (χ2n) is 5.87. The maximum absolute atomic E-state index is 12.7. The van der Waals surface area contributed by atoms with Crippen molar-refractivity contribution in [2.75, 3.05) is 31.0 Å². The van der Waals surface area contributed by atoms with Crippen molar-refractivity contribution in [1.82, 2.24) is 0 Å². The minimum absolute atomic E-state index is 0.206. The van der Waals surface area contributed by atoms with Crippen LogP contribution in [-0.2, 0) is 9.53 Å². The molecule has 29 heavy (non-hydrogen) atoms. The van der Waals surface area contributed by atoms with Gasteiger partial charge in [-0.05, 0) is 30.3 Å². The largest absolute Gasteiger partial charge is 0.497 e. The van der Waals surface area contributed by atoms with Crippen molar-refractivity contribution in [3.63, 3.8) is 0 Å². The van der Waals surface area contributed by atoms with Gasteiger partial charge < -0.3 is 20.1 Å². The molecule has 0 aromatic heterocycles. The van der Waals surface area contributed by atoms with Gasteiger partial charge in [0.25, 0.3) is 5.91 Å². The van der Waals surface area contributed by atoms with Gasteiger partial charge in [-0.1, -0.05) is 12.1 Å². The van der Waals surface area contributed by atoms with Gasteiger partial charge in [-0.2, -0.15) is 8.78 Å². The lowest BCUT2D eigenvalue weighted by atomic mass is 10.1. The van der Waals surface area contributed by atoms with E-state index in [0.29, 0.717) is 11.4 Å². The van der Waals surface area contributed by atoms with Crippen molar-refractivity contribution in [2.24, 2.45) is 0 Å². The van der Waals surface area contributed by atoms with Crippen LogP contribution >= 0.6 is 0 Å². The number of amides is 2. The van der Waals surface area contributed by atoms with Crippen LogP contribution in [0.5, 0.6) is 5.75 Å². The smallest absolute Gasteiger partial charge is 0.330 e. The number of rotatable bonds is 9. The van der Waals surface area contributed by atoms with Gasteiger partial charge in [0, 0.05) is 23.0 Å². The summed E-state index contributed by atoms with van der Waals surface area (Å²) in [5, 5.41) is 5.00. The summed E-state index contributed by atoms with van der Waals surface area (Å²) in [5.74, 6) is -5.07. The zero-order chi connectivity index (χ0) is 21.4. The maximum atomic E-state index is 12.7. The molecule has 2 N–H and O–H groups in total. The maximum Gasteiger partial charge on any atom is 0.330 e. The van der Waals surface area contributed by atoms with Crippen LogP contribution in [0, 0.1) is 0 Å². The molecule has 0 atom stereocenters. The number of ether oxygens (including phenoxy) is 2. The highest BCUT2D eigenvalue weighted by Crippen LogP contribution is 2.23. The molecule has 0 aliphatic carbocycles. The van der Waals surface area contributed by atoms with Crippen molar-refractivity contribution in [1.29, 1.82) is 0 Å². The third kappa shape index (κ3) is 6.75. The fourth-order valence-electron chi connectivity index (χ4n) is 2.18. The molecule has 0 spiro atoms. The first-order chi connectivity index (χ1) is 13.7. The van der Waals surface area contributed by atoms with Crippen LogP contribution < -0.4 is 15.4 Å². The Morgan fingerprint density at radius 3 is 2.34 bits per heavy atom. The number of anilines is 2. The quantitative estimate of drug-likeness (QED) is 0.612. The fraction of sp³-hybridized carbons (Fsp3) is 0.263. The molecule has 0 aliphatic rings. The normalized spacial score (nSPS) is 11.2. The lowest BCUT2D eigenvalue weighted by molar-refractivity contribution is -0.167. The third-order valence-corrected chi connectivity index (χ3v) is 3.58. The number of benzene rings is 2. The van der Waals surface area contributed by atoms with Crippen LogP contribution in [0.4, 0.5) is 28.9 Å². The molecular weight excluding hydrogens is 396 g/mol. The summed E-state index contributed by atoms with van der Waals surface area (Å²) in [6, 6.07) is 12.5. The monoisotopic (exact) mass is 414 g/mol. The van der Waals surface area contributed by atoms with E-state index >= 15 is 0 Å². The first-order valence-corrected chi connectivity index (χ1v) is 8.30. The van der Waals surface area contributed by atoms with Crippen molar-refractivity contribution < 1.29 is 36.6 Å². The summed E-state index contributed by atoms with van der Waals surface area (Å²) in [6.45, 7) is -2.43. The van der Waals surface area contributed by atoms with Crippen molar-refractivity contribution in [2.45, 2.75) is 12.3 Å². The van der Waals surface area contributed by atoms with E-state index in [1.807, 2.05) is 0 Å². The first-order valence-electron chi connectivity index (χ1n) is 8.30. The van der Waals surface area contributed by atoms with E-state index in [2.05, 4.69) is 15.4 Å². The fourth-order valence-corrected chi connectivity index (χ4v) is 2.18. The van der Waals surface area contributed by atoms with Crippen LogP contribution in [0.25, 0.3) is 0 Å². The molecule has 10 heteroatoms. The zero-order valence-corrected chi connectivity index (χ0v) is 15.3. The predicted octanol–water partition coefficient (Wildman–Crippen LogP) is 3.80. The summed E-state index contributed by atoms with van der Waals surface area (Å²) in [5.41, 5.74) is 0.922. The average molecular weight is 414 g/mol. The van der Waals surface area contributed by atoms with E-state index < -0.39 is 37.4 Å². The van der Waals surface area contributed by atoms with Gasteiger partial charge >= 0.3 is 12.3 Å². The number of alkyl halides is 4. The molecule has 0 heterocycles. The number of carbonyl (C=O) groups is 2. The molecule has 0 saturated heterocycles. The van der Waals surface area contributed by atoms with E-state index in [-0.39, 0.29) is 11.3 Å². The Balaban J connectivity index is 1.92. The molecule has 2 aromatic carbocycles. The number of hydrogen-bond donors (Lipinski definition) is 2. The number of nitrogens with one attached hydrogen (secondary N) is 2. The molecule has 0 bridgehead atoms. The minimum atomic E-state index is -4.33. The molecule has 0 saturated carbocycles. The molecule has 2 rings (SSSR count). The van der Waals surface area contributed by atoms with Crippen LogP contribution in [0.1, 0.15) is 10.4 Å². The highest BCUT2D eigenvalue weighted by atomic mass is 19.3. The second-order valence-corrected chi connectivity index (χ2v) is 5.87. The molecule has 0 unspecified atom stereocenters. The van der Waals surface area contributed by atoms with Crippen LogP contribution in [-0.4, -0.2) is 44.5 Å². The first kappa shape index (κ1) is 22.2. The molecule has 2 amide bonds. The Bertz CT molecular complexity index is 862. The lowest BCUT2D eigenvalue weighted by Gasteiger charge is -2.15. The Morgan fingerprint density at radius 2 is 1.69 bits per heavy atom. The molecule has 0 radical (unpaired) electrons. The van der Waals surface area contributed by atoms with Crippen molar-refractivity contribution in [3.8, 4) is 5.75 Å². The second kappa shape index (κ2) is 9.87. The summed E-state index contributed by atoms with van der Waals surface area (Å²) in [7, 11) is 1.49. The van der Waals surface area contributed by atoms with Gasteiger partial charge in [-0.25, -0.2) is 8.78 Å². The zero-order valence-electron chi connectivity index (χ0n) is 15.3. The number of hydrogen-bond acceptors (Lipinski definition) is 4. The Kier molecular flexibility index (Phi) is 7.54. The van der Waals surface area contributed by atoms with Gasteiger partial charge in [0.05, 0.1) is 7.11 Å². The van der Waals surface area contributed by atoms with Crippen molar-refractivity contribution in [3.05, 3.63) is 54.1 Å². The van der Waals surface area contributed by atoms with E-state index in [0.717, 1.165) is 0 Å². The molecule has 0 fully saturated rings. The average Bonchev–Trinajstić information content (AvgIpc) is 2.68. The molecule has 2 aromatic rings. The summed E-state index contributed by atoms with van der Waals surface area (Å²) in [4.78, 5) is 24.1. The Labute approximate surface area is 163 Å². The number of carbonyl (C=O) groups excluding carboxylic acids is 2. The molecule has 156 valence electrons.